The Morgan fingerprint density at radius 3 is 2.75 bits per heavy atom. The van der Waals surface area contributed by atoms with Crippen LogP contribution in [0.4, 0.5) is 4.79 Å². The molecule has 16 heavy (non-hydrogen) atoms. The highest BCUT2D eigenvalue weighted by Gasteiger charge is 2.26. The van der Waals surface area contributed by atoms with Gasteiger partial charge in [-0.25, -0.2) is 4.79 Å². The lowest BCUT2D eigenvalue weighted by molar-refractivity contribution is -0.143. The molecular formula is C11H18N2O3. The van der Waals surface area contributed by atoms with Crippen LogP contribution in [0.15, 0.2) is 12.7 Å². The van der Waals surface area contributed by atoms with Crippen molar-refractivity contribution in [1.29, 1.82) is 0 Å². The largest absolute Gasteiger partial charge is 0.465 e. The van der Waals surface area contributed by atoms with E-state index in [9.17, 15) is 9.59 Å². The maximum atomic E-state index is 11.7. The summed E-state index contributed by atoms with van der Waals surface area (Å²) in [4.78, 5) is 24.3. The number of rotatable bonds is 6. The topological polar surface area (TPSA) is 58.6 Å². The summed E-state index contributed by atoms with van der Waals surface area (Å²) in [5.74, 6) is -0.393. The average Bonchev–Trinajstić information content (AvgIpc) is 3.01. The van der Waals surface area contributed by atoms with Crippen molar-refractivity contribution >= 4 is 12.0 Å². The molecule has 0 aliphatic heterocycles. The Morgan fingerprint density at radius 1 is 1.56 bits per heavy atom. The molecule has 0 spiro atoms. The Hall–Kier alpha value is -1.52. The van der Waals surface area contributed by atoms with Gasteiger partial charge in [-0.3, -0.25) is 4.79 Å². The predicted molar refractivity (Wildman–Crippen MR) is 60.0 cm³/mol. The normalized spacial score (nSPS) is 14.1. The zero-order chi connectivity index (χ0) is 12.0. The smallest absolute Gasteiger partial charge is 0.325 e. The van der Waals surface area contributed by atoms with E-state index in [1.165, 1.54) is 4.90 Å². The lowest BCUT2D eigenvalue weighted by Crippen LogP contribution is -2.44. The highest BCUT2D eigenvalue weighted by molar-refractivity contribution is 5.81. The third kappa shape index (κ3) is 4.33. The van der Waals surface area contributed by atoms with E-state index in [-0.39, 0.29) is 18.6 Å². The number of hydrogen-bond donors (Lipinski definition) is 1. The first-order chi connectivity index (χ1) is 7.67. The van der Waals surface area contributed by atoms with E-state index in [0.717, 1.165) is 12.8 Å². The zero-order valence-electron chi connectivity index (χ0n) is 9.57. The fourth-order valence-corrected chi connectivity index (χ4v) is 1.23. The van der Waals surface area contributed by atoms with Gasteiger partial charge in [0.2, 0.25) is 0 Å². The van der Waals surface area contributed by atoms with Crippen LogP contribution in [0.5, 0.6) is 0 Å². The third-order valence-electron chi connectivity index (χ3n) is 2.17. The third-order valence-corrected chi connectivity index (χ3v) is 2.17. The predicted octanol–water partition coefficient (Wildman–Crippen LogP) is 0.909. The van der Waals surface area contributed by atoms with Gasteiger partial charge in [-0.05, 0) is 19.8 Å². The molecule has 0 aromatic heterocycles. The summed E-state index contributed by atoms with van der Waals surface area (Å²) in [5.41, 5.74) is 0. The van der Waals surface area contributed by atoms with Crippen molar-refractivity contribution in [3.05, 3.63) is 12.7 Å². The molecular weight excluding hydrogens is 208 g/mol. The van der Waals surface area contributed by atoms with E-state index in [2.05, 4.69) is 11.9 Å². The molecule has 1 aliphatic carbocycles. The highest BCUT2D eigenvalue weighted by atomic mass is 16.5. The Balaban J connectivity index is 2.40. The van der Waals surface area contributed by atoms with Crippen molar-refractivity contribution in [3.8, 4) is 0 Å². The number of esters is 1. The number of nitrogens with one attached hydrogen (secondary N) is 1. The van der Waals surface area contributed by atoms with Gasteiger partial charge in [0, 0.05) is 12.6 Å². The van der Waals surface area contributed by atoms with Gasteiger partial charge < -0.3 is 15.0 Å². The molecule has 5 nitrogen and oxygen atoms in total. The summed E-state index contributed by atoms with van der Waals surface area (Å²) in [6.45, 7) is 5.93. The van der Waals surface area contributed by atoms with Gasteiger partial charge in [0.05, 0.1) is 6.61 Å². The lowest BCUT2D eigenvalue weighted by Gasteiger charge is -2.20. The maximum absolute atomic E-state index is 11.7. The highest BCUT2D eigenvalue weighted by Crippen LogP contribution is 2.18. The van der Waals surface area contributed by atoms with Crippen LogP contribution in [0.3, 0.4) is 0 Å². The van der Waals surface area contributed by atoms with Crippen molar-refractivity contribution in [2.75, 3.05) is 19.7 Å². The van der Waals surface area contributed by atoms with E-state index in [1.807, 2.05) is 0 Å². The van der Waals surface area contributed by atoms with Gasteiger partial charge in [0.15, 0.2) is 0 Å². The first-order valence-corrected chi connectivity index (χ1v) is 5.49. The van der Waals surface area contributed by atoms with Crippen LogP contribution in [0.25, 0.3) is 0 Å². The van der Waals surface area contributed by atoms with Crippen molar-refractivity contribution in [2.45, 2.75) is 25.8 Å². The van der Waals surface area contributed by atoms with E-state index < -0.39 is 5.97 Å². The van der Waals surface area contributed by atoms with E-state index in [4.69, 9.17) is 4.74 Å². The number of urea groups is 1. The molecule has 0 saturated heterocycles. The van der Waals surface area contributed by atoms with E-state index in [1.54, 1.807) is 13.0 Å². The molecule has 1 N–H and O–H groups in total. The molecule has 1 saturated carbocycles. The standard InChI is InChI=1S/C11H18N2O3/c1-3-7-13(8-10(14)16-4-2)11(15)12-9-5-6-9/h3,9H,1,4-8H2,2H3,(H,12,15). The van der Waals surface area contributed by atoms with Gasteiger partial charge in [0.1, 0.15) is 6.54 Å². The number of hydrogen-bond acceptors (Lipinski definition) is 3. The molecule has 0 bridgehead atoms. The second-order valence-corrected chi connectivity index (χ2v) is 3.70. The summed E-state index contributed by atoms with van der Waals surface area (Å²) in [6.07, 6.45) is 3.63. The van der Waals surface area contributed by atoms with Gasteiger partial charge in [-0.1, -0.05) is 6.08 Å². The number of amides is 2. The van der Waals surface area contributed by atoms with Crippen molar-refractivity contribution < 1.29 is 14.3 Å². The fraction of sp³-hybridized carbons (Fsp3) is 0.636. The molecule has 0 heterocycles. The molecule has 1 rings (SSSR count). The summed E-state index contributed by atoms with van der Waals surface area (Å²) < 4.78 is 4.79. The number of nitrogens with zero attached hydrogens (tertiary/aromatic N) is 1. The molecule has 1 aliphatic rings. The van der Waals surface area contributed by atoms with Crippen molar-refractivity contribution in [3.63, 3.8) is 0 Å². The van der Waals surface area contributed by atoms with Crippen LogP contribution < -0.4 is 5.32 Å². The lowest BCUT2D eigenvalue weighted by atomic mass is 10.4. The molecule has 0 radical (unpaired) electrons. The van der Waals surface area contributed by atoms with Crippen LogP contribution >= 0.6 is 0 Å². The Labute approximate surface area is 95.4 Å². The second-order valence-electron chi connectivity index (χ2n) is 3.70. The minimum atomic E-state index is -0.393. The van der Waals surface area contributed by atoms with Crippen LogP contribution in [0.1, 0.15) is 19.8 Å². The molecule has 2 amide bonds. The summed E-state index contributed by atoms with van der Waals surface area (Å²) in [6, 6.07) is 0.0532. The summed E-state index contributed by atoms with van der Waals surface area (Å²) in [7, 11) is 0. The number of carbonyl (C=O) groups is 2. The quantitative estimate of drug-likeness (QED) is 0.541. The van der Waals surface area contributed by atoms with Crippen LogP contribution in [-0.4, -0.2) is 42.6 Å². The van der Waals surface area contributed by atoms with Gasteiger partial charge in [0.25, 0.3) is 0 Å². The summed E-state index contributed by atoms with van der Waals surface area (Å²) >= 11 is 0. The number of carbonyl (C=O) groups excluding carboxylic acids is 2. The molecule has 0 atom stereocenters. The first-order valence-electron chi connectivity index (χ1n) is 5.49. The molecule has 0 unspecified atom stereocenters. The van der Waals surface area contributed by atoms with Crippen LogP contribution in [0.2, 0.25) is 0 Å². The first kappa shape index (κ1) is 12.5. The van der Waals surface area contributed by atoms with Crippen molar-refractivity contribution in [2.24, 2.45) is 0 Å². The molecule has 5 heteroatoms. The fourth-order valence-electron chi connectivity index (χ4n) is 1.23. The molecule has 90 valence electrons. The van der Waals surface area contributed by atoms with Gasteiger partial charge in [-0.15, -0.1) is 6.58 Å². The van der Waals surface area contributed by atoms with E-state index >= 15 is 0 Å². The second kappa shape index (κ2) is 6.15. The SMILES string of the molecule is C=CCN(CC(=O)OCC)C(=O)NC1CC1. The van der Waals surface area contributed by atoms with Gasteiger partial charge >= 0.3 is 12.0 Å². The minimum absolute atomic E-state index is 0.0294. The van der Waals surface area contributed by atoms with E-state index in [0.29, 0.717) is 13.2 Å². The Kier molecular flexibility index (Phi) is 4.82. The van der Waals surface area contributed by atoms with Gasteiger partial charge in [-0.2, -0.15) is 0 Å². The summed E-state index contributed by atoms with van der Waals surface area (Å²) in [5, 5.41) is 2.82. The minimum Gasteiger partial charge on any atom is -0.465 e. The number of ether oxygens (including phenoxy) is 1. The maximum Gasteiger partial charge on any atom is 0.325 e. The van der Waals surface area contributed by atoms with Crippen molar-refractivity contribution in [1.82, 2.24) is 10.2 Å². The molecule has 1 fully saturated rings. The van der Waals surface area contributed by atoms with Crippen LogP contribution in [-0.2, 0) is 9.53 Å². The Bertz CT molecular complexity index is 274. The molecule has 0 aromatic carbocycles. The Morgan fingerprint density at radius 2 is 2.25 bits per heavy atom. The monoisotopic (exact) mass is 226 g/mol. The average molecular weight is 226 g/mol. The molecule has 0 aromatic rings. The van der Waals surface area contributed by atoms with Crippen LogP contribution in [0, 0.1) is 0 Å². The zero-order valence-corrected chi connectivity index (χ0v) is 9.57.